The van der Waals surface area contributed by atoms with Crippen LogP contribution in [-0.2, 0) is 11.3 Å². The van der Waals surface area contributed by atoms with Gasteiger partial charge in [0, 0.05) is 19.0 Å². The summed E-state index contributed by atoms with van der Waals surface area (Å²) in [6, 6.07) is 10.2. The highest BCUT2D eigenvalue weighted by molar-refractivity contribution is 5.44. The molecule has 1 saturated heterocycles. The summed E-state index contributed by atoms with van der Waals surface area (Å²) in [4.78, 5) is 4.07. The fraction of sp³-hybridized carbons (Fsp3) is 0.480. The van der Waals surface area contributed by atoms with Crippen molar-refractivity contribution >= 4 is 0 Å². The molecule has 2 heterocycles. The van der Waals surface area contributed by atoms with Gasteiger partial charge in [0.15, 0.2) is 11.5 Å². The van der Waals surface area contributed by atoms with Gasteiger partial charge in [-0.1, -0.05) is 25.1 Å². The zero-order valence-corrected chi connectivity index (χ0v) is 17.3. The Bertz CT molecular complexity index is 912. The van der Waals surface area contributed by atoms with Gasteiger partial charge < -0.3 is 14.2 Å². The molecule has 3 fully saturated rings. The van der Waals surface area contributed by atoms with Crippen molar-refractivity contribution in [3.63, 3.8) is 0 Å². The van der Waals surface area contributed by atoms with Gasteiger partial charge in [-0.05, 0) is 77.8 Å². The number of nitrogens with zero attached hydrogens (tertiary/aromatic N) is 1. The molecule has 5 rings (SSSR count). The van der Waals surface area contributed by atoms with Gasteiger partial charge in [0.2, 0.25) is 0 Å². The van der Waals surface area contributed by atoms with E-state index < -0.39 is 0 Å². The van der Waals surface area contributed by atoms with Gasteiger partial charge in [0.25, 0.3) is 0 Å². The lowest BCUT2D eigenvalue weighted by atomic mass is 9.62. The van der Waals surface area contributed by atoms with Crippen molar-refractivity contribution in [2.75, 3.05) is 13.7 Å². The van der Waals surface area contributed by atoms with E-state index in [1.165, 1.54) is 24.0 Å². The van der Waals surface area contributed by atoms with Gasteiger partial charge >= 0.3 is 0 Å². The molecule has 1 spiro atoms. The molecular formula is C25H29NO3. The molecule has 0 unspecified atom stereocenters. The molecule has 4 heteroatoms. The second-order valence-corrected chi connectivity index (χ2v) is 8.87. The van der Waals surface area contributed by atoms with E-state index >= 15 is 0 Å². The number of fused-ring (bicyclic) bond motifs is 1. The molecule has 0 amide bonds. The molecule has 5 atom stereocenters. The van der Waals surface area contributed by atoms with Crippen LogP contribution in [-0.4, -0.2) is 18.7 Å². The van der Waals surface area contributed by atoms with Crippen molar-refractivity contribution in [3.8, 4) is 11.5 Å². The predicted molar refractivity (Wildman–Crippen MR) is 112 cm³/mol. The van der Waals surface area contributed by atoms with Gasteiger partial charge in [0.1, 0.15) is 6.61 Å². The first kappa shape index (κ1) is 18.7. The van der Waals surface area contributed by atoms with Gasteiger partial charge in [-0.15, -0.1) is 0 Å². The van der Waals surface area contributed by atoms with E-state index in [0.29, 0.717) is 29.8 Å². The Morgan fingerprint density at radius 1 is 1.21 bits per heavy atom. The lowest BCUT2D eigenvalue weighted by Crippen LogP contribution is -2.42. The van der Waals surface area contributed by atoms with Gasteiger partial charge in [0.05, 0.1) is 13.2 Å². The van der Waals surface area contributed by atoms with Crippen LogP contribution < -0.4 is 9.47 Å². The summed E-state index contributed by atoms with van der Waals surface area (Å²) in [5.41, 5.74) is 4.12. The van der Waals surface area contributed by atoms with Crippen molar-refractivity contribution in [3.05, 3.63) is 66.0 Å². The van der Waals surface area contributed by atoms with E-state index in [9.17, 15) is 0 Å². The average molecular weight is 392 g/mol. The van der Waals surface area contributed by atoms with E-state index in [4.69, 9.17) is 14.2 Å². The lowest BCUT2D eigenvalue weighted by Gasteiger charge is -2.48. The van der Waals surface area contributed by atoms with Crippen LogP contribution in [0, 0.1) is 23.2 Å². The smallest absolute Gasteiger partial charge is 0.162 e. The average Bonchev–Trinajstić information content (AvgIpc) is 3.27. The second-order valence-electron chi connectivity index (χ2n) is 8.87. The fourth-order valence-electron chi connectivity index (χ4n) is 6.11. The van der Waals surface area contributed by atoms with Gasteiger partial charge in [-0.25, -0.2) is 0 Å². The third-order valence-corrected chi connectivity index (χ3v) is 7.74. The Morgan fingerprint density at radius 3 is 2.79 bits per heavy atom. The maximum absolute atomic E-state index is 6.37. The first-order chi connectivity index (χ1) is 14.1. The first-order valence-corrected chi connectivity index (χ1v) is 10.6. The Balaban J connectivity index is 1.42. The van der Waals surface area contributed by atoms with Crippen LogP contribution >= 0.6 is 0 Å². The van der Waals surface area contributed by atoms with E-state index in [-0.39, 0.29) is 6.10 Å². The number of ether oxygens (including phenoxy) is 3. The summed E-state index contributed by atoms with van der Waals surface area (Å²) in [5, 5.41) is 0. The van der Waals surface area contributed by atoms with Crippen LogP contribution in [0.2, 0.25) is 0 Å². The van der Waals surface area contributed by atoms with Crippen LogP contribution in [0.1, 0.15) is 43.4 Å². The number of allylic oxidation sites excluding steroid dienone is 1. The molecule has 1 aliphatic heterocycles. The summed E-state index contributed by atoms with van der Waals surface area (Å²) in [5.74, 6) is 3.34. The lowest BCUT2D eigenvalue weighted by molar-refractivity contribution is -0.106. The molecule has 4 nitrogen and oxygen atoms in total. The third-order valence-electron chi connectivity index (χ3n) is 7.74. The number of methoxy groups -OCH3 is 1. The minimum Gasteiger partial charge on any atom is -0.493 e. The fourth-order valence-corrected chi connectivity index (χ4v) is 6.11. The van der Waals surface area contributed by atoms with Crippen LogP contribution in [0.4, 0.5) is 0 Å². The van der Waals surface area contributed by atoms with Gasteiger partial charge in [-0.3, -0.25) is 4.98 Å². The largest absolute Gasteiger partial charge is 0.493 e. The molecule has 1 aromatic carbocycles. The maximum Gasteiger partial charge on any atom is 0.162 e. The molecular weight excluding hydrogens is 362 g/mol. The highest BCUT2D eigenvalue weighted by Crippen LogP contribution is 2.69. The van der Waals surface area contributed by atoms with Crippen molar-refractivity contribution in [2.45, 2.75) is 38.9 Å². The summed E-state index contributed by atoms with van der Waals surface area (Å²) < 4.78 is 18.1. The SMILES string of the molecule is C=C1[C@@H]2C[C@@H]3[C@@H](c4ccc(OC)c(OCc5ccncc5)c4)OCC[C@]3(C2)[C@H]1C. The van der Waals surface area contributed by atoms with E-state index in [2.05, 4.69) is 30.6 Å². The monoisotopic (exact) mass is 391 g/mol. The number of rotatable bonds is 5. The minimum absolute atomic E-state index is 0.124. The quantitative estimate of drug-likeness (QED) is 0.644. The summed E-state index contributed by atoms with van der Waals surface area (Å²) in [6.07, 6.45) is 7.34. The van der Waals surface area contributed by atoms with E-state index in [0.717, 1.165) is 30.1 Å². The van der Waals surface area contributed by atoms with Crippen LogP contribution in [0.15, 0.2) is 54.9 Å². The van der Waals surface area contributed by atoms with Crippen molar-refractivity contribution < 1.29 is 14.2 Å². The second kappa shape index (κ2) is 7.17. The van der Waals surface area contributed by atoms with Crippen LogP contribution in [0.5, 0.6) is 11.5 Å². The zero-order chi connectivity index (χ0) is 20.0. The molecule has 0 N–H and O–H groups in total. The molecule has 2 aliphatic carbocycles. The maximum atomic E-state index is 6.37. The Hall–Kier alpha value is -2.33. The number of pyridine rings is 1. The molecule has 29 heavy (non-hydrogen) atoms. The number of hydrogen-bond donors (Lipinski definition) is 0. The van der Waals surface area contributed by atoms with Crippen LogP contribution in [0.3, 0.4) is 0 Å². The molecule has 152 valence electrons. The molecule has 0 radical (unpaired) electrons. The third kappa shape index (κ3) is 2.96. The van der Waals surface area contributed by atoms with Crippen molar-refractivity contribution in [1.82, 2.24) is 4.98 Å². The topological polar surface area (TPSA) is 40.6 Å². The summed E-state index contributed by atoms with van der Waals surface area (Å²) in [6.45, 7) is 8.10. The molecule has 1 aromatic heterocycles. The summed E-state index contributed by atoms with van der Waals surface area (Å²) >= 11 is 0. The van der Waals surface area contributed by atoms with Crippen molar-refractivity contribution in [1.29, 1.82) is 0 Å². The minimum atomic E-state index is 0.124. The Kier molecular flexibility index (Phi) is 4.62. The Morgan fingerprint density at radius 2 is 2.03 bits per heavy atom. The highest BCUT2D eigenvalue weighted by Gasteiger charge is 2.61. The standard InChI is InChI=1S/C25H29NO3/c1-16-17(2)25-8-11-28-24(21(25)12-20(16)14-25)19-4-5-22(27-3)23(13-19)29-15-18-6-9-26-10-7-18/h4-7,9-10,13,17,20-21,24H,1,8,11-12,14-15H2,2-3H3/t17-,20+,21+,24+,25-/m0/s1. The number of hydrogen-bond acceptors (Lipinski definition) is 4. The number of benzene rings is 1. The first-order valence-electron chi connectivity index (χ1n) is 10.6. The zero-order valence-electron chi connectivity index (χ0n) is 17.3. The summed E-state index contributed by atoms with van der Waals surface area (Å²) in [7, 11) is 1.68. The predicted octanol–water partition coefficient (Wildman–Crippen LogP) is 5.35. The molecule has 3 aliphatic rings. The normalized spacial score (nSPS) is 32.8. The van der Waals surface area contributed by atoms with Gasteiger partial charge in [-0.2, -0.15) is 0 Å². The number of aromatic nitrogens is 1. The molecule has 2 saturated carbocycles. The Labute approximate surface area is 172 Å². The van der Waals surface area contributed by atoms with E-state index in [1.54, 1.807) is 19.5 Å². The van der Waals surface area contributed by atoms with Crippen LogP contribution in [0.25, 0.3) is 0 Å². The molecule has 2 bridgehead atoms. The van der Waals surface area contributed by atoms with Crippen molar-refractivity contribution in [2.24, 2.45) is 23.2 Å². The van der Waals surface area contributed by atoms with E-state index in [1.807, 2.05) is 18.2 Å². The molecule has 2 aromatic rings. The highest BCUT2D eigenvalue weighted by atomic mass is 16.5.